The highest BCUT2D eigenvalue weighted by Crippen LogP contribution is 2.03. The molecule has 0 aromatic heterocycles. The Morgan fingerprint density at radius 1 is 1.35 bits per heavy atom. The average molecular weight is 226 g/mol. The van der Waals surface area contributed by atoms with Crippen molar-refractivity contribution in [3.63, 3.8) is 0 Å². The zero-order valence-electron chi connectivity index (χ0n) is 9.57. The van der Waals surface area contributed by atoms with E-state index in [1.807, 2.05) is 6.07 Å². The van der Waals surface area contributed by atoms with Crippen molar-refractivity contribution in [1.29, 1.82) is 5.26 Å². The summed E-state index contributed by atoms with van der Waals surface area (Å²) in [6, 6.07) is 9.04. The highest BCUT2D eigenvalue weighted by Gasteiger charge is 2.02. The number of benzene rings is 1. The smallest absolute Gasteiger partial charge is 0.224 e. The lowest BCUT2D eigenvalue weighted by molar-refractivity contribution is -0.120. The molecule has 0 saturated heterocycles. The quantitative estimate of drug-likeness (QED) is 0.613. The van der Waals surface area contributed by atoms with E-state index in [1.165, 1.54) is 0 Å². The molecule has 0 bridgehead atoms. The molecule has 1 aromatic carbocycles. The van der Waals surface area contributed by atoms with Crippen LogP contribution in [-0.2, 0) is 11.2 Å². The highest BCUT2D eigenvalue weighted by atomic mass is 16.1. The maximum atomic E-state index is 11.5. The fourth-order valence-electron chi connectivity index (χ4n) is 1.36. The second kappa shape index (κ2) is 7.09. The van der Waals surface area contributed by atoms with Crippen LogP contribution in [0.5, 0.6) is 0 Å². The van der Waals surface area contributed by atoms with Crippen molar-refractivity contribution in [1.82, 2.24) is 5.32 Å². The van der Waals surface area contributed by atoms with Crippen LogP contribution in [0, 0.1) is 23.7 Å². The molecule has 0 fully saturated rings. The molecule has 1 amide bonds. The van der Waals surface area contributed by atoms with Gasteiger partial charge < -0.3 is 5.32 Å². The highest BCUT2D eigenvalue weighted by molar-refractivity contribution is 5.78. The third-order valence-corrected chi connectivity index (χ3v) is 2.27. The van der Waals surface area contributed by atoms with Crippen LogP contribution in [0.3, 0.4) is 0 Å². The maximum Gasteiger partial charge on any atom is 0.224 e. The molecule has 0 unspecified atom stereocenters. The molecule has 0 atom stereocenters. The van der Waals surface area contributed by atoms with Crippen molar-refractivity contribution in [3.8, 4) is 18.4 Å². The Kier molecular flexibility index (Phi) is 5.34. The number of carbonyl (C=O) groups is 1. The first kappa shape index (κ1) is 12.8. The topological polar surface area (TPSA) is 52.9 Å². The van der Waals surface area contributed by atoms with Gasteiger partial charge in [0.25, 0.3) is 0 Å². The number of amides is 1. The van der Waals surface area contributed by atoms with Crippen LogP contribution in [0.4, 0.5) is 0 Å². The number of hydrogen-bond acceptors (Lipinski definition) is 2. The third-order valence-electron chi connectivity index (χ3n) is 2.27. The summed E-state index contributed by atoms with van der Waals surface area (Å²) in [6.45, 7) is 0.610. The molecule has 0 radical (unpaired) electrons. The first-order chi connectivity index (χ1) is 8.26. The fourth-order valence-corrected chi connectivity index (χ4v) is 1.36. The molecule has 1 N–H and O–H groups in total. The summed E-state index contributed by atoms with van der Waals surface area (Å²) in [5.74, 6) is 2.50. The van der Waals surface area contributed by atoms with Gasteiger partial charge in [0.05, 0.1) is 18.1 Å². The van der Waals surface area contributed by atoms with E-state index in [0.29, 0.717) is 24.9 Å². The Morgan fingerprint density at radius 2 is 2.06 bits per heavy atom. The molecule has 86 valence electrons. The fraction of sp³-hybridized carbons (Fsp3) is 0.286. The van der Waals surface area contributed by atoms with Gasteiger partial charge in [0.1, 0.15) is 0 Å². The number of unbranched alkanes of at least 4 members (excludes halogenated alkanes) is 1. The minimum absolute atomic E-state index is 0.0215. The van der Waals surface area contributed by atoms with Crippen LogP contribution in [-0.4, -0.2) is 12.5 Å². The summed E-state index contributed by atoms with van der Waals surface area (Å²) in [7, 11) is 0. The largest absolute Gasteiger partial charge is 0.356 e. The van der Waals surface area contributed by atoms with Crippen molar-refractivity contribution in [2.45, 2.75) is 19.3 Å². The Bertz CT molecular complexity index is 449. The maximum absolute atomic E-state index is 11.5. The summed E-state index contributed by atoms with van der Waals surface area (Å²) in [5.41, 5.74) is 1.50. The third kappa shape index (κ3) is 4.86. The molecular weight excluding hydrogens is 212 g/mol. The first-order valence-electron chi connectivity index (χ1n) is 5.45. The number of hydrogen-bond donors (Lipinski definition) is 1. The van der Waals surface area contributed by atoms with Gasteiger partial charge in [-0.05, 0) is 24.1 Å². The molecular formula is C14H14N2O. The summed E-state index contributed by atoms with van der Waals surface area (Å²) in [6.07, 6.45) is 6.92. The predicted molar refractivity (Wildman–Crippen MR) is 65.9 cm³/mol. The number of carbonyl (C=O) groups excluding carboxylic acids is 1. The van der Waals surface area contributed by atoms with Crippen LogP contribution in [0.2, 0.25) is 0 Å². The Labute approximate surface area is 101 Å². The Hall–Kier alpha value is -2.26. The van der Waals surface area contributed by atoms with Crippen LogP contribution < -0.4 is 5.32 Å². The van der Waals surface area contributed by atoms with Gasteiger partial charge in [-0.1, -0.05) is 12.1 Å². The van der Waals surface area contributed by atoms with Crippen LogP contribution >= 0.6 is 0 Å². The number of nitrogens with zero attached hydrogens (tertiary/aromatic N) is 1. The number of rotatable bonds is 5. The lowest BCUT2D eigenvalue weighted by Gasteiger charge is -2.04. The van der Waals surface area contributed by atoms with E-state index < -0.39 is 0 Å². The van der Waals surface area contributed by atoms with E-state index in [0.717, 1.165) is 12.0 Å². The van der Waals surface area contributed by atoms with Gasteiger partial charge in [0, 0.05) is 13.0 Å². The summed E-state index contributed by atoms with van der Waals surface area (Å²) < 4.78 is 0. The van der Waals surface area contributed by atoms with E-state index in [2.05, 4.69) is 11.2 Å². The van der Waals surface area contributed by atoms with Gasteiger partial charge in [0.2, 0.25) is 5.91 Å². The lowest BCUT2D eigenvalue weighted by atomic mass is 10.1. The minimum atomic E-state index is -0.0215. The Morgan fingerprint density at radius 3 is 2.65 bits per heavy atom. The second-order valence-corrected chi connectivity index (χ2v) is 3.64. The number of terminal acetylenes is 1. The van der Waals surface area contributed by atoms with Gasteiger partial charge in [-0.15, -0.1) is 12.3 Å². The molecule has 3 heteroatoms. The van der Waals surface area contributed by atoms with Gasteiger partial charge in [-0.2, -0.15) is 5.26 Å². The molecule has 0 aliphatic carbocycles. The number of nitriles is 1. The minimum Gasteiger partial charge on any atom is -0.356 e. The molecule has 0 aliphatic heterocycles. The molecule has 1 aromatic rings. The Balaban J connectivity index is 2.35. The summed E-state index contributed by atoms with van der Waals surface area (Å²) in [4.78, 5) is 11.5. The van der Waals surface area contributed by atoms with Crippen molar-refractivity contribution in [3.05, 3.63) is 35.4 Å². The first-order valence-corrected chi connectivity index (χ1v) is 5.45. The van der Waals surface area contributed by atoms with Gasteiger partial charge in [0.15, 0.2) is 0 Å². The van der Waals surface area contributed by atoms with Gasteiger partial charge >= 0.3 is 0 Å². The van der Waals surface area contributed by atoms with Crippen molar-refractivity contribution in [2.24, 2.45) is 0 Å². The lowest BCUT2D eigenvalue weighted by Crippen LogP contribution is -2.25. The van der Waals surface area contributed by atoms with Gasteiger partial charge in [-0.25, -0.2) is 0 Å². The predicted octanol–water partition coefficient (Wildman–Crippen LogP) is 1.63. The van der Waals surface area contributed by atoms with Crippen LogP contribution in [0.25, 0.3) is 0 Å². The normalized spacial score (nSPS) is 9.06. The van der Waals surface area contributed by atoms with E-state index in [-0.39, 0.29) is 5.91 Å². The van der Waals surface area contributed by atoms with E-state index >= 15 is 0 Å². The molecule has 0 heterocycles. The SMILES string of the molecule is C#CCCCNC(=O)Cc1ccc(C#N)cc1. The zero-order valence-corrected chi connectivity index (χ0v) is 9.57. The molecule has 17 heavy (non-hydrogen) atoms. The monoisotopic (exact) mass is 226 g/mol. The van der Waals surface area contributed by atoms with Crippen LogP contribution in [0.15, 0.2) is 24.3 Å². The van der Waals surface area contributed by atoms with E-state index in [4.69, 9.17) is 11.7 Å². The van der Waals surface area contributed by atoms with E-state index in [1.54, 1.807) is 24.3 Å². The van der Waals surface area contributed by atoms with E-state index in [9.17, 15) is 4.79 Å². The standard InChI is InChI=1S/C14H14N2O/c1-2-3-4-9-16-14(17)10-12-5-7-13(11-15)8-6-12/h1,5-8H,3-4,9-10H2,(H,16,17). The molecule has 1 rings (SSSR count). The average Bonchev–Trinajstić information content (AvgIpc) is 2.36. The second-order valence-electron chi connectivity index (χ2n) is 3.64. The summed E-state index contributed by atoms with van der Waals surface area (Å²) >= 11 is 0. The van der Waals surface area contributed by atoms with Crippen LogP contribution in [0.1, 0.15) is 24.0 Å². The number of nitrogens with one attached hydrogen (secondary N) is 1. The van der Waals surface area contributed by atoms with Crippen molar-refractivity contribution < 1.29 is 4.79 Å². The zero-order chi connectivity index (χ0) is 12.5. The molecule has 3 nitrogen and oxygen atoms in total. The van der Waals surface area contributed by atoms with Gasteiger partial charge in [-0.3, -0.25) is 4.79 Å². The van der Waals surface area contributed by atoms with Crippen molar-refractivity contribution >= 4 is 5.91 Å². The molecule has 0 spiro atoms. The molecule has 0 saturated carbocycles. The van der Waals surface area contributed by atoms with Crippen molar-refractivity contribution in [2.75, 3.05) is 6.54 Å². The summed E-state index contributed by atoms with van der Waals surface area (Å²) in [5, 5.41) is 11.4. The molecule has 0 aliphatic rings.